The van der Waals surface area contributed by atoms with Gasteiger partial charge in [-0.3, -0.25) is 4.68 Å². The number of anilines is 1. The minimum Gasteiger partial charge on any atom is -0.335 e. The van der Waals surface area contributed by atoms with Crippen molar-refractivity contribution in [3.05, 3.63) is 47.2 Å². The third kappa shape index (κ3) is 3.65. The first-order valence-corrected chi connectivity index (χ1v) is 8.35. The molecule has 3 aromatic heterocycles. The summed E-state index contributed by atoms with van der Waals surface area (Å²) < 4.78 is 3.77. The van der Waals surface area contributed by atoms with Gasteiger partial charge < -0.3 is 15.0 Å². The molecule has 2 N–H and O–H groups in total. The van der Waals surface area contributed by atoms with Crippen molar-refractivity contribution in [2.45, 2.75) is 40.2 Å². The van der Waals surface area contributed by atoms with Crippen molar-refractivity contribution < 1.29 is 4.79 Å². The van der Waals surface area contributed by atoms with E-state index in [-0.39, 0.29) is 12.1 Å². The Balaban J connectivity index is 1.62. The molecule has 3 heterocycles. The van der Waals surface area contributed by atoms with Crippen molar-refractivity contribution in [1.82, 2.24) is 24.5 Å². The van der Waals surface area contributed by atoms with Crippen molar-refractivity contribution in [2.75, 3.05) is 5.32 Å². The fraction of sp³-hybridized carbons (Fsp3) is 0.389. The zero-order chi connectivity index (χ0) is 18.1. The average molecular weight is 340 g/mol. The molecule has 1 atom stereocenters. The SMILES string of the molecule is Cc1cn2cc(NC(=O)N[C@H](C)Cc3c(C)nn(C)c3C)ccc2n1. The van der Waals surface area contributed by atoms with Crippen LogP contribution in [0.3, 0.4) is 0 Å². The minimum absolute atomic E-state index is 0.000760. The molecular formula is C18H24N6O. The van der Waals surface area contributed by atoms with Crippen LogP contribution < -0.4 is 10.6 Å². The van der Waals surface area contributed by atoms with Gasteiger partial charge in [-0.05, 0) is 51.8 Å². The number of pyridine rings is 1. The number of hydrogen-bond acceptors (Lipinski definition) is 3. The molecule has 132 valence electrons. The van der Waals surface area contributed by atoms with E-state index < -0.39 is 0 Å². The van der Waals surface area contributed by atoms with Crippen LogP contribution in [0, 0.1) is 20.8 Å². The number of amides is 2. The summed E-state index contributed by atoms with van der Waals surface area (Å²) >= 11 is 0. The molecule has 0 spiro atoms. The van der Waals surface area contributed by atoms with Gasteiger partial charge in [0.1, 0.15) is 5.65 Å². The molecule has 0 aromatic carbocycles. The highest BCUT2D eigenvalue weighted by Crippen LogP contribution is 2.15. The van der Waals surface area contributed by atoms with E-state index in [1.54, 1.807) is 0 Å². The number of nitrogens with zero attached hydrogens (tertiary/aromatic N) is 4. The second-order valence-corrected chi connectivity index (χ2v) is 6.54. The maximum Gasteiger partial charge on any atom is 0.319 e. The highest BCUT2D eigenvalue weighted by Gasteiger charge is 2.15. The number of imidazole rings is 1. The first kappa shape index (κ1) is 17.0. The molecule has 7 nitrogen and oxygen atoms in total. The molecule has 7 heteroatoms. The number of urea groups is 1. The number of rotatable bonds is 4. The molecule has 0 fully saturated rings. The quantitative estimate of drug-likeness (QED) is 0.767. The second kappa shape index (κ2) is 6.58. The van der Waals surface area contributed by atoms with Gasteiger partial charge in [0.15, 0.2) is 0 Å². The predicted octanol–water partition coefficient (Wildman–Crippen LogP) is 2.75. The van der Waals surface area contributed by atoms with Crippen LogP contribution in [-0.2, 0) is 13.5 Å². The molecule has 0 saturated carbocycles. The molecule has 0 aliphatic carbocycles. The Labute approximate surface area is 147 Å². The summed E-state index contributed by atoms with van der Waals surface area (Å²) in [6.45, 7) is 7.98. The molecule has 3 aromatic rings. The smallest absolute Gasteiger partial charge is 0.319 e. The zero-order valence-electron chi connectivity index (χ0n) is 15.3. The van der Waals surface area contributed by atoms with E-state index in [0.29, 0.717) is 0 Å². The number of aromatic nitrogens is 4. The Morgan fingerprint density at radius 1 is 1.24 bits per heavy atom. The number of hydrogen-bond donors (Lipinski definition) is 2. The molecule has 0 saturated heterocycles. The lowest BCUT2D eigenvalue weighted by molar-refractivity contribution is 0.249. The number of aryl methyl sites for hydroxylation is 3. The largest absolute Gasteiger partial charge is 0.335 e. The standard InChI is InChI=1S/C18H24N6O/c1-11(8-16-13(3)22-23(5)14(16)4)20-18(25)21-15-6-7-17-19-12(2)9-24(17)10-15/h6-7,9-11H,8H2,1-5H3,(H2,20,21,25)/t11-/m1/s1. The summed E-state index contributed by atoms with van der Waals surface area (Å²) in [5.74, 6) is 0. The molecule has 0 aliphatic heterocycles. The van der Waals surface area contributed by atoms with E-state index in [9.17, 15) is 4.79 Å². The lowest BCUT2D eigenvalue weighted by atomic mass is 10.1. The van der Waals surface area contributed by atoms with E-state index in [4.69, 9.17) is 0 Å². The van der Waals surface area contributed by atoms with Crippen LogP contribution in [0.1, 0.15) is 29.6 Å². The summed E-state index contributed by atoms with van der Waals surface area (Å²) in [6, 6.07) is 3.51. The van der Waals surface area contributed by atoms with Gasteiger partial charge in [0.25, 0.3) is 0 Å². The fourth-order valence-electron chi connectivity index (χ4n) is 3.05. The van der Waals surface area contributed by atoms with E-state index in [1.165, 1.54) is 5.56 Å². The topological polar surface area (TPSA) is 76.2 Å². The number of carbonyl (C=O) groups excluding carboxylic acids is 1. The monoisotopic (exact) mass is 340 g/mol. The number of fused-ring (bicyclic) bond motifs is 1. The van der Waals surface area contributed by atoms with Crippen molar-refractivity contribution in [3.8, 4) is 0 Å². The van der Waals surface area contributed by atoms with Crippen LogP contribution in [0.5, 0.6) is 0 Å². The second-order valence-electron chi connectivity index (χ2n) is 6.54. The van der Waals surface area contributed by atoms with Crippen molar-refractivity contribution in [3.63, 3.8) is 0 Å². The van der Waals surface area contributed by atoms with Crippen molar-refractivity contribution in [2.24, 2.45) is 7.05 Å². The van der Waals surface area contributed by atoms with Gasteiger partial charge in [-0.1, -0.05) is 0 Å². The predicted molar refractivity (Wildman–Crippen MR) is 97.9 cm³/mol. The van der Waals surface area contributed by atoms with Gasteiger partial charge in [-0.25, -0.2) is 9.78 Å². The Morgan fingerprint density at radius 3 is 2.68 bits per heavy atom. The highest BCUT2D eigenvalue weighted by molar-refractivity contribution is 5.89. The summed E-state index contributed by atoms with van der Waals surface area (Å²) in [5.41, 5.74) is 5.85. The van der Waals surface area contributed by atoms with Crippen LogP contribution in [0.25, 0.3) is 5.65 Å². The normalized spacial score (nSPS) is 12.4. The molecule has 0 unspecified atom stereocenters. The minimum atomic E-state index is -0.220. The van der Waals surface area contributed by atoms with Gasteiger partial charge in [-0.2, -0.15) is 5.10 Å². The van der Waals surface area contributed by atoms with Gasteiger partial charge in [0.05, 0.1) is 17.1 Å². The summed E-state index contributed by atoms with van der Waals surface area (Å²) in [5, 5.41) is 10.3. The lowest BCUT2D eigenvalue weighted by Crippen LogP contribution is -2.37. The third-order valence-electron chi connectivity index (χ3n) is 4.38. The van der Waals surface area contributed by atoms with E-state index >= 15 is 0 Å². The fourth-order valence-corrected chi connectivity index (χ4v) is 3.05. The third-order valence-corrected chi connectivity index (χ3v) is 4.38. The molecule has 0 bridgehead atoms. The van der Waals surface area contributed by atoms with Gasteiger partial charge in [-0.15, -0.1) is 0 Å². The zero-order valence-corrected chi connectivity index (χ0v) is 15.3. The molecule has 0 radical (unpaired) electrons. The Bertz CT molecular complexity index is 923. The van der Waals surface area contributed by atoms with Gasteiger partial charge in [0.2, 0.25) is 0 Å². The van der Waals surface area contributed by atoms with E-state index in [0.717, 1.165) is 34.8 Å². The number of carbonyl (C=O) groups is 1. The van der Waals surface area contributed by atoms with Crippen LogP contribution in [0.15, 0.2) is 24.5 Å². The average Bonchev–Trinajstić information content (AvgIpc) is 3.00. The number of nitrogens with one attached hydrogen (secondary N) is 2. The van der Waals surface area contributed by atoms with Gasteiger partial charge in [0, 0.05) is 31.2 Å². The van der Waals surface area contributed by atoms with E-state index in [2.05, 4.69) is 20.7 Å². The summed E-state index contributed by atoms with van der Waals surface area (Å²) in [4.78, 5) is 16.6. The first-order chi connectivity index (χ1) is 11.8. The van der Waals surface area contributed by atoms with Gasteiger partial charge >= 0.3 is 6.03 Å². The maximum absolute atomic E-state index is 12.3. The van der Waals surface area contributed by atoms with Crippen LogP contribution in [-0.4, -0.2) is 31.2 Å². The molecular weight excluding hydrogens is 316 g/mol. The molecule has 3 rings (SSSR count). The highest BCUT2D eigenvalue weighted by atomic mass is 16.2. The lowest BCUT2D eigenvalue weighted by Gasteiger charge is -2.15. The van der Waals surface area contributed by atoms with Crippen molar-refractivity contribution in [1.29, 1.82) is 0 Å². The summed E-state index contributed by atoms with van der Waals surface area (Å²) in [6.07, 6.45) is 4.53. The summed E-state index contributed by atoms with van der Waals surface area (Å²) in [7, 11) is 1.94. The Hall–Kier alpha value is -2.83. The van der Waals surface area contributed by atoms with Crippen LogP contribution in [0.2, 0.25) is 0 Å². The van der Waals surface area contributed by atoms with E-state index in [1.807, 2.05) is 68.4 Å². The Kier molecular flexibility index (Phi) is 4.48. The molecule has 2 amide bonds. The molecule has 25 heavy (non-hydrogen) atoms. The van der Waals surface area contributed by atoms with Crippen molar-refractivity contribution >= 4 is 17.4 Å². The maximum atomic E-state index is 12.3. The van der Waals surface area contributed by atoms with Crippen LogP contribution in [0.4, 0.5) is 10.5 Å². The Morgan fingerprint density at radius 2 is 2.00 bits per heavy atom. The van der Waals surface area contributed by atoms with Crippen LogP contribution >= 0.6 is 0 Å². The molecule has 0 aliphatic rings. The first-order valence-electron chi connectivity index (χ1n) is 8.35.